The lowest BCUT2D eigenvalue weighted by molar-refractivity contribution is -0.113. The van der Waals surface area contributed by atoms with Crippen LogP contribution in [-0.2, 0) is 4.79 Å². The zero-order chi connectivity index (χ0) is 20.5. The molecule has 0 saturated heterocycles. The predicted octanol–water partition coefficient (Wildman–Crippen LogP) is 3.84. The fourth-order valence-electron chi connectivity index (χ4n) is 2.90. The summed E-state index contributed by atoms with van der Waals surface area (Å²) in [6.07, 6.45) is 3.41. The first-order valence-corrected chi connectivity index (χ1v) is 10.9. The summed E-state index contributed by atoms with van der Waals surface area (Å²) in [5.41, 5.74) is 3.51. The number of carbonyl (C=O) groups excluding carboxylic acids is 1. The van der Waals surface area contributed by atoms with Crippen LogP contribution in [0.15, 0.2) is 59.9 Å². The van der Waals surface area contributed by atoms with Crippen LogP contribution in [0.25, 0.3) is 27.3 Å². The average molecular weight is 434 g/mol. The molecule has 5 rings (SSSR count). The van der Waals surface area contributed by atoms with Crippen molar-refractivity contribution in [1.29, 1.82) is 0 Å². The summed E-state index contributed by atoms with van der Waals surface area (Å²) >= 11 is 2.81. The second-order valence-corrected chi connectivity index (χ2v) is 8.56. The van der Waals surface area contributed by atoms with Gasteiger partial charge in [-0.15, -0.1) is 10.2 Å². The summed E-state index contributed by atoms with van der Waals surface area (Å²) in [7, 11) is 0. The zero-order valence-corrected chi connectivity index (χ0v) is 17.4. The van der Waals surface area contributed by atoms with Crippen molar-refractivity contribution in [3.8, 4) is 11.4 Å². The first kappa shape index (κ1) is 18.6. The largest absolute Gasteiger partial charge is 0.301 e. The molecule has 0 saturated carbocycles. The maximum Gasteiger partial charge on any atom is 0.236 e. The summed E-state index contributed by atoms with van der Waals surface area (Å²) in [4.78, 5) is 21.0. The Kier molecular flexibility index (Phi) is 4.85. The monoisotopic (exact) mass is 433 g/mol. The molecule has 0 aliphatic heterocycles. The number of hydrogen-bond donors (Lipinski definition) is 1. The number of nitrogens with one attached hydrogen (secondary N) is 1. The van der Waals surface area contributed by atoms with Crippen LogP contribution in [0.2, 0.25) is 0 Å². The standard InChI is InChI=1S/C20H15N7OS2/c1-12-4-5-14-15(9-12)30-20(22-14)23-17(28)11-29-18-7-6-16-24-25-19(27(16)26-18)13-3-2-8-21-10-13/h2-10H,11H2,1H3,(H,22,23,28). The predicted molar refractivity (Wildman–Crippen MR) is 118 cm³/mol. The number of pyridine rings is 1. The van der Waals surface area contributed by atoms with Crippen molar-refractivity contribution >= 4 is 50.0 Å². The number of nitrogens with zero attached hydrogens (tertiary/aromatic N) is 6. The van der Waals surface area contributed by atoms with E-state index >= 15 is 0 Å². The van der Waals surface area contributed by atoms with Crippen molar-refractivity contribution < 1.29 is 4.79 Å². The second-order valence-electron chi connectivity index (χ2n) is 6.53. The Morgan fingerprint density at radius 2 is 2.13 bits per heavy atom. The lowest BCUT2D eigenvalue weighted by Gasteiger charge is -2.03. The Balaban J connectivity index is 1.30. The van der Waals surface area contributed by atoms with Gasteiger partial charge < -0.3 is 5.32 Å². The minimum absolute atomic E-state index is 0.131. The van der Waals surface area contributed by atoms with Crippen LogP contribution in [0.3, 0.4) is 0 Å². The number of hydrogen-bond acceptors (Lipinski definition) is 8. The number of aromatic nitrogens is 6. The minimum atomic E-state index is -0.131. The molecular weight excluding hydrogens is 418 g/mol. The second kappa shape index (κ2) is 7.81. The molecular formula is C20H15N7OS2. The number of fused-ring (bicyclic) bond motifs is 2. The molecule has 0 spiro atoms. The van der Waals surface area contributed by atoms with Gasteiger partial charge in [0.2, 0.25) is 5.91 Å². The van der Waals surface area contributed by atoms with Gasteiger partial charge in [0.25, 0.3) is 0 Å². The minimum Gasteiger partial charge on any atom is -0.301 e. The Morgan fingerprint density at radius 3 is 3.00 bits per heavy atom. The smallest absolute Gasteiger partial charge is 0.236 e. The van der Waals surface area contributed by atoms with Gasteiger partial charge in [-0.2, -0.15) is 9.61 Å². The molecule has 1 amide bonds. The quantitative estimate of drug-likeness (QED) is 0.421. The molecule has 5 aromatic rings. The highest BCUT2D eigenvalue weighted by molar-refractivity contribution is 7.99. The van der Waals surface area contributed by atoms with Crippen LogP contribution >= 0.6 is 23.1 Å². The van der Waals surface area contributed by atoms with Crippen molar-refractivity contribution in [2.75, 3.05) is 11.1 Å². The molecule has 30 heavy (non-hydrogen) atoms. The molecule has 1 aromatic carbocycles. The fourth-order valence-corrected chi connectivity index (χ4v) is 4.54. The first-order chi connectivity index (χ1) is 14.7. The molecule has 0 radical (unpaired) electrons. The molecule has 1 N–H and O–H groups in total. The first-order valence-electron chi connectivity index (χ1n) is 9.08. The number of thioether (sulfide) groups is 1. The molecule has 8 nitrogen and oxygen atoms in total. The lowest BCUT2D eigenvalue weighted by Crippen LogP contribution is -2.14. The zero-order valence-electron chi connectivity index (χ0n) is 15.8. The van der Waals surface area contributed by atoms with Crippen molar-refractivity contribution in [1.82, 2.24) is 29.8 Å². The Hall–Kier alpha value is -3.37. The van der Waals surface area contributed by atoms with E-state index in [0.29, 0.717) is 21.6 Å². The highest BCUT2D eigenvalue weighted by Crippen LogP contribution is 2.27. The SMILES string of the molecule is Cc1ccc2nc(NC(=O)CSc3ccc4nnc(-c5cccnc5)n4n3)sc2c1. The summed E-state index contributed by atoms with van der Waals surface area (Å²) in [6.45, 7) is 2.04. The number of amides is 1. The lowest BCUT2D eigenvalue weighted by atomic mass is 10.2. The van der Waals surface area contributed by atoms with Crippen molar-refractivity contribution in [2.24, 2.45) is 0 Å². The van der Waals surface area contributed by atoms with Crippen LogP contribution in [0, 0.1) is 6.92 Å². The topological polar surface area (TPSA) is 98.0 Å². The van der Waals surface area contributed by atoms with E-state index < -0.39 is 0 Å². The third-order valence-electron chi connectivity index (χ3n) is 4.30. The molecule has 0 aliphatic rings. The highest BCUT2D eigenvalue weighted by atomic mass is 32.2. The van der Waals surface area contributed by atoms with Gasteiger partial charge in [-0.1, -0.05) is 29.2 Å². The third-order valence-corrected chi connectivity index (χ3v) is 6.15. The van der Waals surface area contributed by atoms with Gasteiger partial charge in [0, 0.05) is 18.0 Å². The molecule has 4 heterocycles. The van der Waals surface area contributed by atoms with Crippen molar-refractivity contribution in [3.05, 3.63) is 60.4 Å². The van der Waals surface area contributed by atoms with Gasteiger partial charge >= 0.3 is 0 Å². The Morgan fingerprint density at radius 1 is 1.20 bits per heavy atom. The van der Waals surface area contributed by atoms with Gasteiger partial charge in [0.05, 0.1) is 16.0 Å². The number of thiazole rings is 1. The number of rotatable bonds is 5. The molecule has 4 aromatic heterocycles. The Bertz CT molecular complexity index is 1360. The highest BCUT2D eigenvalue weighted by Gasteiger charge is 2.12. The molecule has 10 heteroatoms. The van der Waals surface area contributed by atoms with E-state index in [4.69, 9.17) is 0 Å². The number of aryl methyl sites for hydroxylation is 1. The van der Waals surface area contributed by atoms with Gasteiger partial charge in [-0.25, -0.2) is 4.98 Å². The molecule has 0 atom stereocenters. The molecule has 148 valence electrons. The number of benzene rings is 1. The maximum atomic E-state index is 12.4. The van der Waals surface area contributed by atoms with Gasteiger partial charge in [0.1, 0.15) is 5.03 Å². The van der Waals surface area contributed by atoms with E-state index in [2.05, 4.69) is 36.6 Å². The van der Waals surface area contributed by atoms with E-state index in [9.17, 15) is 4.79 Å². The van der Waals surface area contributed by atoms with E-state index in [0.717, 1.165) is 15.8 Å². The van der Waals surface area contributed by atoms with Crippen molar-refractivity contribution in [2.45, 2.75) is 11.9 Å². The number of carbonyl (C=O) groups is 1. The van der Waals surface area contributed by atoms with Crippen LogP contribution in [0.1, 0.15) is 5.56 Å². The van der Waals surface area contributed by atoms with Crippen LogP contribution in [0.4, 0.5) is 5.13 Å². The summed E-state index contributed by atoms with van der Waals surface area (Å²) in [6, 6.07) is 13.4. The summed E-state index contributed by atoms with van der Waals surface area (Å²) in [5, 5.41) is 17.1. The molecule has 0 bridgehead atoms. The molecule has 0 aliphatic carbocycles. The summed E-state index contributed by atoms with van der Waals surface area (Å²) < 4.78 is 2.72. The third kappa shape index (κ3) is 3.74. The van der Waals surface area contributed by atoms with Gasteiger partial charge in [0.15, 0.2) is 16.6 Å². The number of anilines is 1. The average Bonchev–Trinajstić information content (AvgIpc) is 3.35. The molecule has 0 fully saturated rings. The normalized spacial score (nSPS) is 11.2. The van der Waals surface area contributed by atoms with Gasteiger partial charge in [-0.05, 0) is 48.9 Å². The van der Waals surface area contributed by atoms with E-state index in [1.807, 2.05) is 43.3 Å². The van der Waals surface area contributed by atoms with Crippen molar-refractivity contribution in [3.63, 3.8) is 0 Å². The van der Waals surface area contributed by atoms with Crippen LogP contribution < -0.4 is 5.32 Å². The molecule has 0 unspecified atom stereocenters. The maximum absolute atomic E-state index is 12.4. The van der Waals surface area contributed by atoms with Crippen LogP contribution in [0.5, 0.6) is 0 Å². The fraction of sp³-hybridized carbons (Fsp3) is 0.100. The van der Waals surface area contributed by atoms with E-state index in [1.165, 1.54) is 28.7 Å². The van der Waals surface area contributed by atoms with Crippen LogP contribution in [-0.4, -0.2) is 41.4 Å². The Labute approximate surface area is 179 Å². The van der Waals surface area contributed by atoms with E-state index in [-0.39, 0.29) is 11.7 Å². The van der Waals surface area contributed by atoms with E-state index in [1.54, 1.807) is 16.9 Å². The summed E-state index contributed by atoms with van der Waals surface area (Å²) in [5.74, 6) is 0.696. The van der Waals surface area contributed by atoms with Gasteiger partial charge in [-0.3, -0.25) is 9.78 Å².